The van der Waals surface area contributed by atoms with Crippen LogP contribution in [-0.2, 0) is 9.59 Å². The lowest BCUT2D eigenvalue weighted by Gasteiger charge is -2.35. The van der Waals surface area contributed by atoms with Crippen molar-refractivity contribution in [2.75, 3.05) is 0 Å². The molecule has 0 aromatic rings. The molecule has 0 radical (unpaired) electrons. The highest BCUT2D eigenvalue weighted by Crippen LogP contribution is 2.39. The van der Waals surface area contributed by atoms with Crippen LogP contribution in [-0.4, -0.2) is 34.0 Å². The number of hydrogen-bond donors (Lipinski definition) is 1. The van der Waals surface area contributed by atoms with Crippen LogP contribution in [0, 0.1) is 11.8 Å². The van der Waals surface area contributed by atoms with E-state index < -0.39 is 12.0 Å². The Morgan fingerprint density at radius 3 is 2.89 bits per heavy atom. The summed E-state index contributed by atoms with van der Waals surface area (Å²) < 4.78 is 0. The number of hydrogen-bond acceptors (Lipinski definition) is 2. The van der Waals surface area contributed by atoms with Gasteiger partial charge >= 0.3 is 5.97 Å². The molecule has 0 aromatic heterocycles. The molecular formula is C14H17NO3. The van der Waals surface area contributed by atoms with Crippen molar-refractivity contribution in [2.24, 2.45) is 11.8 Å². The zero-order valence-corrected chi connectivity index (χ0v) is 10.2. The minimum absolute atomic E-state index is 0.0137. The summed E-state index contributed by atoms with van der Waals surface area (Å²) in [7, 11) is 0. The molecule has 0 spiro atoms. The molecule has 3 unspecified atom stereocenters. The van der Waals surface area contributed by atoms with E-state index >= 15 is 0 Å². The lowest BCUT2D eigenvalue weighted by atomic mass is 9.78. The van der Waals surface area contributed by atoms with Gasteiger partial charge in [0.25, 0.3) is 0 Å². The molecule has 1 N–H and O–H groups in total. The average molecular weight is 247 g/mol. The van der Waals surface area contributed by atoms with Gasteiger partial charge in [-0.25, -0.2) is 4.79 Å². The van der Waals surface area contributed by atoms with Gasteiger partial charge in [0, 0.05) is 6.42 Å². The molecule has 3 aliphatic rings. The van der Waals surface area contributed by atoms with E-state index in [0.29, 0.717) is 18.3 Å². The molecule has 4 atom stereocenters. The first-order chi connectivity index (χ1) is 8.68. The second-order valence-electron chi connectivity index (χ2n) is 5.33. The van der Waals surface area contributed by atoms with Gasteiger partial charge in [0.2, 0.25) is 5.91 Å². The van der Waals surface area contributed by atoms with E-state index in [2.05, 4.69) is 12.2 Å². The number of carbonyl (C=O) groups is 2. The number of allylic oxidation sites excluding steroid dienone is 2. The lowest BCUT2D eigenvalue weighted by Crippen LogP contribution is -2.47. The van der Waals surface area contributed by atoms with E-state index in [1.165, 1.54) is 0 Å². The molecule has 1 fully saturated rings. The number of amides is 1. The monoisotopic (exact) mass is 247 g/mol. The normalized spacial score (nSPS) is 38.2. The van der Waals surface area contributed by atoms with E-state index in [9.17, 15) is 14.7 Å². The predicted octanol–water partition coefficient (Wildman–Crippen LogP) is 1.58. The van der Waals surface area contributed by atoms with Gasteiger partial charge in [0.05, 0.1) is 6.04 Å². The van der Waals surface area contributed by atoms with Crippen LogP contribution in [0.3, 0.4) is 0 Å². The van der Waals surface area contributed by atoms with Crippen molar-refractivity contribution in [2.45, 2.75) is 37.8 Å². The van der Waals surface area contributed by atoms with Crippen LogP contribution in [0.1, 0.15) is 25.7 Å². The zero-order valence-electron chi connectivity index (χ0n) is 10.2. The topological polar surface area (TPSA) is 57.6 Å². The van der Waals surface area contributed by atoms with Crippen LogP contribution in [0.15, 0.2) is 24.3 Å². The number of nitrogens with zero attached hydrogens (tertiary/aromatic N) is 1. The van der Waals surface area contributed by atoms with E-state index in [1.54, 1.807) is 11.0 Å². The summed E-state index contributed by atoms with van der Waals surface area (Å²) in [6.45, 7) is 0. The summed E-state index contributed by atoms with van der Waals surface area (Å²) in [5.41, 5.74) is 0. The van der Waals surface area contributed by atoms with Crippen LogP contribution in [0.5, 0.6) is 0 Å². The molecule has 1 saturated heterocycles. The molecule has 96 valence electrons. The van der Waals surface area contributed by atoms with Crippen molar-refractivity contribution in [3.05, 3.63) is 24.3 Å². The van der Waals surface area contributed by atoms with Gasteiger partial charge < -0.3 is 10.0 Å². The van der Waals surface area contributed by atoms with Crippen molar-refractivity contribution in [3.63, 3.8) is 0 Å². The summed E-state index contributed by atoms with van der Waals surface area (Å²) in [5, 5.41) is 9.20. The molecule has 3 rings (SSSR count). The highest BCUT2D eigenvalue weighted by atomic mass is 16.4. The summed E-state index contributed by atoms with van der Waals surface area (Å²) in [6, 6.07) is -0.775. The first-order valence-electron chi connectivity index (χ1n) is 6.57. The number of rotatable bonds is 1. The maximum atomic E-state index is 12.2. The van der Waals surface area contributed by atoms with Crippen molar-refractivity contribution >= 4 is 11.9 Å². The molecule has 0 saturated carbocycles. The summed E-state index contributed by atoms with van der Waals surface area (Å²) >= 11 is 0. The third-order valence-corrected chi connectivity index (χ3v) is 4.38. The van der Waals surface area contributed by atoms with Crippen molar-refractivity contribution < 1.29 is 14.7 Å². The molecule has 4 heteroatoms. The molecule has 2 heterocycles. The standard InChI is InChI=1S/C14H17NO3/c16-13-8-5-9-3-1-2-4-10(9)11-6-7-12(14(17)18)15(11)13/h1,3,6-7,9-12H,2,4-5,8H2,(H,17,18)/t9?,10?,11?,12-/m0/s1. The van der Waals surface area contributed by atoms with Gasteiger partial charge in [-0.2, -0.15) is 0 Å². The third kappa shape index (κ3) is 1.67. The van der Waals surface area contributed by atoms with Gasteiger partial charge in [0.15, 0.2) is 0 Å². The Labute approximate surface area is 106 Å². The van der Waals surface area contributed by atoms with Crippen molar-refractivity contribution in [1.82, 2.24) is 4.90 Å². The van der Waals surface area contributed by atoms with Gasteiger partial charge in [-0.05, 0) is 31.1 Å². The Bertz CT molecular complexity index is 440. The first-order valence-corrected chi connectivity index (χ1v) is 6.57. The number of carboxylic acids is 1. The van der Waals surface area contributed by atoms with Gasteiger partial charge in [-0.15, -0.1) is 0 Å². The molecule has 0 aromatic carbocycles. The number of aliphatic carboxylic acids is 1. The van der Waals surface area contributed by atoms with Crippen molar-refractivity contribution in [1.29, 1.82) is 0 Å². The zero-order chi connectivity index (χ0) is 12.7. The lowest BCUT2D eigenvalue weighted by molar-refractivity contribution is -0.148. The van der Waals surface area contributed by atoms with Crippen LogP contribution in [0.25, 0.3) is 0 Å². The fourth-order valence-corrected chi connectivity index (χ4v) is 3.53. The quantitative estimate of drug-likeness (QED) is 0.716. The van der Waals surface area contributed by atoms with E-state index in [4.69, 9.17) is 0 Å². The SMILES string of the molecule is O=C(O)[C@@H]1C=CC2C3CCC=CC3CCC(=O)N21. The maximum Gasteiger partial charge on any atom is 0.330 e. The van der Waals surface area contributed by atoms with E-state index in [0.717, 1.165) is 19.3 Å². The van der Waals surface area contributed by atoms with Crippen LogP contribution in [0.4, 0.5) is 0 Å². The van der Waals surface area contributed by atoms with Gasteiger partial charge in [-0.3, -0.25) is 4.79 Å². The summed E-state index contributed by atoms with van der Waals surface area (Å²) in [5.74, 6) is -0.121. The average Bonchev–Trinajstić information content (AvgIpc) is 2.75. The highest BCUT2D eigenvalue weighted by molar-refractivity contribution is 5.87. The highest BCUT2D eigenvalue weighted by Gasteiger charge is 2.44. The van der Waals surface area contributed by atoms with Crippen molar-refractivity contribution in [3.8, 4) is 0 Å². The fraction of sp³-hybridized carbons (Fsp3) is 0.571. The Morgan fingerprint density at radius 1 is 1.28 bits per heavy atom. The molecule has 1 aliphatic carbocycles. The summed E-state index contributed by atoms with van der Waals surface area (Å²) in [4.78, 5) is 25.0. The Morgan fingerprint density at radius 2 is 2.11 bits per heavy atom. The number of fused-ring (bicyclic) bond motifs is 3. The van der Waals surface area contributed by atoms with E-state index in [1.807, 2.05) is 6.08 Å². The number of carboxylic acid groups (broad SMARTS) is 1. The minimum atomic E-state index is -0.924. The van der Waals surface area contributed by atoms with Gasteiger partial charge in [-0.1, -0.05) is 24.3 Å². The predicted molar refractivity (Wildman–Crippen MR) is 65.8 cm³/mol. The van der Waals surface area contributed by atoms with Crippen LogP contribution >= 0.6 is 0 Å². The second kappa shape index (κ2) is 4.26. The molecule has 4 nitrogen and oxygen atoms in total. The third-order valence-electron chi connectivity index (χ3n) is 4.38. The Kier molecular flexibility index (Phi) is 2.73. The molecule has 2 aliphatic heterocycles. The first kappa shape index (κ1) is 11.5. The fourth-order valence-electron chi connectivity index (χ4n) is 3.53. The Hall–Kier alpha value is -1.58. The summed E-state index contributed by atoms with van der Waals surface area (Å²) in [6.07, 6.45) is 11.4. The number of carbonyl (C=O) groups excluding carboxylic acids is 1. The largest absolute Gasteiger partial charge is 0.479 e. The van der Waals surface area contributed by atoms with E-state index in [-0.39, 0.29) is 11.9 Å². The van der Waals surface area contributed by atoms with Crippen LogP contribution in [0.2, 0.25) is 0 Å². The Balaban J connectivity index is 1.94. The second-order valence-corrected chi connectivity index (χ2v) is 5.33. The maximum absolute atomic E-state index is 12.2. The molecular weight excluding hydrogens is 230 g/mol. The molecule has 1 amide bonds. The smallest absolute Gasteiger partial charge is 0.330 e. The molecule has 0 bridgehead atoms. The van der Waals surface area contributed by atoms with Crippen LogP contribution < -0.4 is 0 Å². The molecule has 18 heavy (non-hydrogen) atoms. The van der Waals surface area contributed by atoms with Gasteiger partial charge in [0.1, 0.15) is 6.04 Å². The minimum Gasteiger partial charge on any atom is -0.479 e.